The highest BCUT2D eigenvalue weighted by molar-refractivity contribution is 6.02. The Hall–Kier alpha value is -2.40. The topological polar surface area (TPSA) is 52.7 Å². The van der Waals surface area contributed by atoms with Gasteiger partial charge in [-0.15, -0.1) is 0 Å². The molecule has 1 N–H and O–H groups in total. The molecule has 0 radical (unpaired) electrons. The predicted octanol–water partition coefficient (Wildman–Crippen LogP) is 2.72. The predicted molar refractivity (Wildman–Crippen MR) is 100 cm³/mol. The maximum Gasteiger partial charge on any atom is 0.239 e. The Morgan fingerprint density at radius 1 is 1.12 bits per heavy atom. The van der Waals surface area contributed by atoms with E-state index in [9.17, 15) is 9.59 Å². The Kier molecular flexibility index (Phi) is 5.34. The fourth-order valence-electron chi connectivity index (χ4n) is 3.28. The molecule has 0 unspecified atom stereocenters. The Morgan fingerprint density at radius 2 is 1.80 bits per heavy atom. The molecule has 2 aromatic carbocycles. The molecule has 25 heavy (non-hydrogen) atoms. The molecule has 0 aliphatic carbocycles. The minimum absolute atomic E-state index is 0.109. The molecule has 2 amide bonds. The lowest BCUT2D eigenvalue weighted by atomic mass is 10.1. The Labute approximate surface area is 148 Å². The molecule has 1 fully saturated rings. The van der Waals surface area contributed by atoms with Crippen LogP contribution in [0.25, 0.3) is 10.8 Å². The van der Waals surface area contributed by atoms with Crippen molar-refractivity contribution in [2.75, 3.05) is 32.0 Å². The summed E-state index contributed by atoms with van der Waals surface area (Å²) in [6, 6.07) is 13.5. The summed E-state index contributed by atoms with van der Waals surface area (Å²) in [7, 11) is 1.82. The largest absolute Gasteiger partial charge is 0.341 e. The molecule has 2 aromatic rings. The van der Waals surface area contributed by atoms with Crippen molar-refractivity contribution >= 4 is 28.3 Å². The third-order valence-corrected chi connectivity index (χ3v) is 4.89. The fraction of sp³-hybridized carbons (Fsp3) is 0.400. The van der Waals surface area contributed by atoms with Crippen LogP contribution in [0.15, 0.2) is 42.5 Å². The second kappa shape index (κ2) is 7.66. The van der Waals surface area contributed by atoms with Crippen LogP contribution in [0.5, 0.6) is 0 Å². The summed E-state index contributed by atoms with van der Waals surface area (Å²) in [4.78, 5) is 28.6. The summed E-state index contributed by atoms with van der Waals surface area (Å²) in [6.07, 6.45) is 2.15. The summed E-state index contributed by atoms with van der Waals surface area (Å²) >= 11 is 0. The van der Waals surface area contributed by atoms with Crippen molar-refractivity contribution in [1.29, 1.82) is 0 Å². The summed E-state index contributed by atoms with van der Waals surface area (Å²) in [5.41, 5.74) is 0.801. The van der Waals surface area contributed by atoms with E-state index in [1.54, 1.807) is 4.90 Å². The average Bonchev–Trinajstić information content (AvgIpc) is 3.15. The number of nitrogens with one attached hydrogen (secondary N) is 1. The van der Waals surface area contributed by atoms with E-state index < -0.39 is 0 Å². The van der Waals surface area contributed by atoms with E-state index in [1.165, 1.54) is 0 Å². The lowest BCUT2D eigenvalue weighted by molar-refractivity contribution is -0.135. The van der Waals surface area contributed by atoms with Gasteiger partial charge in [-0.05, 0) is 38.3 Å². The highest BCUT2D eigenvalue weighted by Crippen LogP contribution is 2.22. The van der Waals surface area contributed by atoms with E-state index in [0.29, 0.717) is 0 Å². The zero-order valence-corrected chi connectivity index (χ0v) is 14.9. The monoisotopic (exact) mass is 339 g/mol. The number of fused-ring (bicyclic) bond motifs is 1. The molecular formula is C20H25N3O2. The van der Waals surface area contributed by atoms with Crippen LogP contribution in [0.4, 0.5) is 5.69 Å². The SMILES string of the molecule is C[C@H](C(=O)N1CCCC1)N(C)CC(=O)Nc1cccc2ccccc12. The lowest BCUT2D eigenvalue weighted by Crippen LogP contribution is -2.46. The van der Waals surface area contributed by atoms with Gasteiger partial charge in [-0.25, -0.2) is 0 Å². The third kappa shape index (κ3) is 3.99. The standard InChI is InChI=1S/C20H25N3O2/c1-15(20(25)23-12-5-6-13-23)22(2)14-19(24)21-18-11-7-9-16-8-3-4-10-17(16)18/h3-4,7-11,15H,5-6,12-14H2,1-2H3,(H,21,24)/t15-/m1/s1. The summed E-state index contributed by atoms with van der Waals surface area (Å²) in [6.45, 7) is 3.72. The number of rotatable bonds is 5. The van der Waals surface area contributed by atoms with E-state index in [1.807, 2.05) is 61.3 Å². The van der Waals surface area contributed by atoms with Crippen molar-refractivity contribution in [2.45, 2.75) is 25.8 Å². The Balaban J connectivity index is 1.62. The molecule has 5 heteroatoms. The van der Waals surface area contributed by atoms with Gasteiger partial charge in [0, 0.05) is 24.2 Å². The first kappa shape index (κ1) is 17.4. The van der Waals surface area contributed by atoms with Crippen molar-refractivity contribution in [3.8, 4) is 0 Å². The van der Waals surface area contributed by atoms with E-state index in [2.05, 4.69) is 5.32 Å². The van der Waals surface area contributed by atoms with Crippen LogP contribution >= 0.6 is 0 Å². The summed E-state index contributed by atoms with van der Waals surface area (Å²) in [5, 5.41) is 5.08. The minimum Gasteiger partial charge on any atom is -0.341 e. The number of hydrogen-bond acceptors (Lipinski definition) is 3. The molecule has 0 saturated carbocycles. The molecule has 1 heterocycles. The van der Waals surface area contributed by atoms with E-state index in [0.717, 1.165) is 42.4 Å². The molecule has 132 valence electrons. The third-order valence-electron chi connectivity index (χ3n) is 4.89. The van der Waals surface area contributed by atoms with Crippen LogP contribution in [0.2, 0.25) is 0 Å². The zero-order valence-electron chi connectivity index (χ0n) is 14.9. The van der Waals surface area contributed by atoms with Crippen LogP contribution in [0, 0.1) is 0 Å². The minimum atomic E-state index is -0.295. The second-order valence-electron chi connectivity index (χ2n) is 6.70. The van der Waals surface area contributed by atoms with Crippen molar-refractivity contribution in [3.63, 3.8) is 0 Å². The van der Waals surface area contributed by atoms with Crippen molar-refractivity contribution in [2.24, 2.45) is 0 Å². The number of anilines is 1. The number of likely N-dealkylation sites (N-methyl/N-ethyl adjacent to an activating group) is 1. The van der Waals surface area contributed by atoms with Crippen molar-refractivity contribution in [3.05, 3.63) is 42.5 Å². The molecule has 1 saturated heterocycles. The van der Waals surface area contributed by atoms with Gasteiger partial charge in [0.1, 0.15) is 0 Å². The molecule has 1 aliphatic heterocycles. The molecule has 0 spiro atoms. The zero-order chi connectivity index (χ0) is 17.8. The Morgan fingerprint density at radius 3 is 2.56 bits per heavy atom. The quantitative estimate of drug-likeness (QED) is 0.911. The van der Waals surface area contributed by atoms with Crippen LogP contribution in [-0.2, 0) is 9.59 Å². The first-order valence-corrected chi connectivity index (χ1v) is 8.83. The highest BCUT2D eigenvalue weighted by Gasteiger charge is 2.26. The van der Waals surface area contributed by atoms with Crippen LogP contribution < -0.4 is 5.32 Å². The van der Waals surface area contributed by atoms with E-state index >= 15 is 0 Å². The normalized spacial score (nSPS) is 15.6. The molecule has 1 atom stereocenters. The first-order valence-electron chi connectivity index (χ1n) is 8.83. The van der Waals surface area contributed by atoms with Gasteiger partial charge in [0.2, 0.25) is 11.8 Å². The molecule has 3 rings (SSSR count). The van der Waals surface area contributed by atoms with Crippen LogP contribution in [0.1, 0.15) is 19.8 Å². The van der Waals surface area contributed by atoms with Gasteiger partial charge in [-0.2, -0.15) is 0 Å². The number of hydrogen-bond donors (Lipinski definition) is 1. The smallest absolute Gasteiger partial charge is 0.239 e. The first-order chi connectivity index (χ1) is 12.1. The van der Waals surface area contributed by atoms with Crippen LogP contribution in [-0.4, -0.2) is 54.3 Å². The average molecular weight is 339 g/mol. The summed E-state index contributed by atoms with van der Waals surface area (Å²) in [5.74, 6) is -0.00196. The van der Waals surface area contributed by atoms with E-state index in [-0.39, 0.29) is 24.4 Å². The maximum absolute atomic E-state index is 12.5. The lowest BCUT2D eigenvalue weighted by Gasteiger charge is -2.27. The molecular weight excluding hydrogens is 314 g/mol. The number of carbonyl (C=O) groups excluding carboxylic acids is 2. The van der Waals surface area contributed by atoms with Gasteiger partial charge < -0.3 is 10.2 Å². The van der Waals surface area contributed by atoms with Crippen LogP contribution in [0.3, 0.4) is 0 Å². The van der Waals surface area contributed by atoms with Gasteiger partial charge in [-0.3, -0.25) is 14.5 Å². The van der Waals surface area contributed by atoms with E-state index in [4.69, 9.17) is 0 Å². The number of amides is 2. The molecule has 5 nitrogen and oxygen atoms in total. The number of likely N-dealkylation sites (tertiary alicyclic amines) is 1. The molecule has 1 aliphatic rings. The van der Waals surface area contributed by atoms with Crippen molar-refractivity contribution < 1.29 is 9.59 Å². The number of carbonyl (C=O) groups is 2. The van der Waals surface area contributed by atoms with Gasteiger partial charge in [0.25, 0.3) is 0 Å². The highest BCUT2D eigenvalue weighted by atomic mass is 16.2. The summed E-state index contributed by atoms with van der Waals surface area (Å²) < 4.78 is 0. The molecule has 0 aromatic heterocycles. The second-order valence-corrected chi connectivity index (χ2v) is 6.70. The maximum atomic E-state index is 12.5. The number of nitrogens with zero attached hydrogens (tertiary/aromatic N) is 2. The number of benzene rings is 2. The Bertz CT molecular complexity index is 763. The van der Waals surface area contributed by atoms with Gasteiger partial charge >= 0.3 is 0 Å². The van der Waals surface area contributed by atoms with Gasteiger partial charge in [-0.1, -0.05) is 36.4 Å². The van der Waals surface area contributed by atoms with Gasteiger partial charge in [0.05, 0.1) is 12.6 Å². The van der Waals surface area contributed by atoms with Gasteiger partial charge in [0.15, 0.2) is 0 Å². The van der Waals surface area contributed by atoms with Crippen molar-refractivity contribution in [1.82, 2.24) is 9.80 Å². The fourth-order valence-corrected chi connectivity index (χ4v) is 3.28. The molecule has 0 bridgehead atoms.